The maximum Gasteiger partial charge on any atom is 0.327 e. The normalized spacial score (nSPS) is 13.8. The van der Waals surface area contributed by atoms with Gasteiger partial charge in [0.2, 0.25) is 0 Å². The van der Waals surface area contributed by atoms with Gasteiger partial charge in [-0.1, -0.05) is 28.1 Å². The number of H-pyrrole nitrogens is 5. The van der Waals surface area contributed by atoms with Crippen molar-refractivity contribution in [1.82, 2.24) is 29.9 Å². The number of halogens is 1. The predicted molar refractivity (Wildman–Crippen MR) is 126 cm³/mol. The summed E-state index contributed by atoms with van der Waals surface area (Å²) in [6.45, 7) is 0. The minimum atomic E-state index is -1.44. The van der Waals surface area contributed by atoms with E-state index in [1.165, 1.54) is 12.5 Å². The van der Waals surface area contributed by atoms with Crippen molar-refractivity contribution in [3.05, 3.63) is 105 Å². The van der Waals surface area contributed by atoms with Gasteiger partial charge in [0.1, 0.15) is 17.7 Å². The molecule has 0 saturated carbocycles. The zero-order valence-electron chi connectivity index (χ0n) is 17.6. The van der Waals surface area contributed by atoms with Gasteiger partial charge in [0.25, 0.3) is 11.1 Å². The monoisotopic (exact) mass is 541 g/mol. The molecular weight excluding hydrogens is 526 g/mol. The van der Waals surface area contributed by atoms with Gasteiger partial charge in [0, 0.05) is 22.8 Å². The molecule has 0 bridgehead atoms. The summed E-state index contributed by atoms with van der Waals surface area (Å²) in [6.07, 6.45) is 2.64. The smallest absolute Gasteiger partial charge is 0.327 e. The van der Waals surface area contributed by atoms with Crippen molar-refractivity contribution in [3.63, 3.8) is 0 Å². The molecule has 1 aliphatic heterocycles. The number of anilines is 2. The van der Waals surface area contributed by atoms with E-state index in [1.807, 2.05) is 0 Å². The first-order valence-electron chi connectivity index (χ1n) is 10.2. The number of aromatic amines is 5. The fourth-order valence-corrected chi connectivity index (χ4v) is 4.60. The van der Waals surface area contributed by atoms with Gasteiger partial charge in [0.05, 0.1) is 23.4 Å². The number of aliphatic carboxylic acids is 1. The van der Waals surface area contributed by atoms with Crippen LogP contribution in [0.1, 0.15) is 28.3 Å². The number of aromatic nitrogens is 6. The summed E-state index contributed by atoms with van der Waals surface area (Å²) in [4.78, 5) is 80.4. The highest BCUT2D eigenvalue weighted by Crippen LogP contribution is 2.44. The molecule has 0 amide bonds. The molecule has 5 rings (SSSR count). The lowest BCUT2D eigenvalue weighted by Crippen LogP contribution is -2.49. The van der Waals surface area contributed by atoms with Crippen LogP contribution >= 0.6 is 15.9 Å². The third-order valence-corrected chi connectivity index (χ3v) is 6.27. The number of nitrogens with one attached hydrogen (secondary N) is 5. The molecule has 1 aliphatic rings. The Bertz CT molecular complexity index is 1590. The molecule has 0 fully saturated rings. The fraction of sp³-hybridized carbons (Fsp3) is 0.143. The SMILES string of the molecule is O=C(O)C(Cc1cnc[nH]1)N1c2[nH]c(=O)[nH]c(=O)c2C(c2ccc(Br)cc2)c2c1[nH]c(=O)[nH]c2=O. The number of carboxylic acids is 1. The van der Waals surface area contributed by atoms with Crippen molar-refractivity contribution >= 4 is 33.5 Å². The molecule has 4 aromatic rings. The van der Waals surface area contributed by atoms with E-state index < -0.39 is 40.4 Å². The third-order valence-electron chi connectivity index (χ3n) is 5.74. The maximum atomic E-state index is 13.1. The number of carbonyl (C=O) groups is 1. The van der Waals surface area contributed by atoms with E-state index >= 15 is 0 Å². The van der Waals surface area contributed by atoms with Gasteiger partial charge in [-0.15, -0.1) is 0 Å². The van der Waals surface area contributed by atoms with Crippen LogP contribution in [0.5, 0.6) is 0 Å². The Hall–Kier alpha value is -4.46. The van der Waals surface area contributed by atoms with Crippen molar-refractivity contribution in [3.8, 4) is 0 Å². The van der Waals surface area contributed by atoms with Crippen LogP contribution in [0.4, 0.5) is 11.6 Å². The fourth-order valence-electron chi connectivity index (χ4n) is 4.33. The number of carboxylic acid groups (broad SMARTS) is 1. The van der Waals surface area contributed by atoms with Crippen molar-refractivity contribution in [2.24, 2.45) is 0 Å². The Morgan fingerprint density at radius 2 is 1.54 bits per heavy atom. The highest BCUT2D eigenvalue weighted by molar-refractivity contribution is 9.10. The summed E-state index contributed by atoms with van der Waals surface area (Å²) in [5.74, 6) is -2.65. The third kappa shape index (κ3) is 3.82. The first-order chi connectivity index (χ1) is 16.7. The Morgan fingerprint density at radius 1 is 0.971 bits per heavy atom. The van der Waals surface area contributed by atoms with E-state index in [-0.39, 0.29) is 29.2 Å². The van der Waals surface area contributed by atoms with Gasteiger partial charge in [-0.3, -0.25) is 34.4 Å². The number of hydrogen-bond donors (Lipinski definition) is 6. The maximum absolute atomic E-state index is 13.1. The molecule has 178 valence electrons. The molecule has 1 atom stereocenters. The lowest BCUT2D eigenvalue weighted by atomic mass is 9.83. The number of benzene rings is 1. The number of rotatable bonds is 5. The van der Waals surface area contributed by atoms with Crippen LogP contribution in [0.3, 0.4) is 0 Å². The molecule has 4 heterocycles. The second kappa shape index (κ2) is 8.39. The van der Waals surface area contributed by atoms with Crippen LogP contribution in [0.25, 0.3) is 0 Å². The second-order valence-electron chi connectivity index (χ2n) is 7.83. The van der Waals surface area contributed by atoms with Crippen molar-refractivity contribution in [1.29, 1.82) is 0 Å². The van der Waals surface area contributed by atoms with E-state index in [0.717, 1.165) is 9.37 Å². The summed E-state index contributed by atoms with van der Waals surface area (Å²) < 4.78 is 0.746. The van der Waals surface area contributed by atoms with Gasteiger partial charge in [-0.2, -0.15) is 0 Å². The number of imidazole rings is 1. The van der Waals surface area contributed by atoms with Crippen LogP contribution in [0.15, 0.2) is 60.4 Å². The molecule has 1 aromatic carbocycles. The number of fused-ring (bicyclic) bond motifs is 2. The van der Waals surface area contributed by atoms with Gasteiger partial charge in [-0.05, 0) is 17.7 Å². The molecule has 14 heteroatoms. The lowest BCUT2D eigenvalue weighted by Gasteiger charge is -2.38. The Kier molecular flexibility index (Phi) is 5.36. The average molecular weight is 542 g/mol. The zero-order chi connectivity index (χ0) is 24.9. The summed E-state index contributed by atoms with van der Waals surface area (Å²) in [5, 5.41) is 10.1. The van der Waals surface area contributed by atoms with E-state index in [0.29, 0.717) is 11.3 Å². The summed E-state index contributed by atoms with van der Waals surface area (Å²) in [7, 11) is 0. The second-order valence-corrected chi connectivity index (χ2v) is 8.75. The Balaban J connectivity index is 1.86. The molecule has 6 N–H and O–H groups in total. The van der Waals surface area contributed by atoms with Gasteiger partial charge < -0.3 is 10.1 Å². The standard InChI is InChI=1S/C21H16BrN7O6/c22-9-3-1-8(2-4-9)12-13-15(25-20(34)27-17(13)30)29(16-14(12)18(31)28-21(35)26-16)11(19(32)33)5-10-6-23-7-24-10/h1-4,6-7,11-12H,5H2,(H,23,24)(H,32,33)(H2,25,27,30,34)(H2,26,28,31,35). The lowest BCUT2D eigenvalue weighted by molar-refractivity contribution is -0.138. The number of hydrogen-bond acceptors (Lipinski definition) is 7. The molecule has 13 nitrogen and oxygen atoms in total. The highest BCUT2D eigenvalue weighted by atomic mass is 79.9. The van der Waals surface area contributed by atoms with Gasteiger partial charge in [-0.25, -0.2) is 19.4 Å². The van der Waals surface area contributed by atoms with Crippen LogP contribution in [0, 0.1) is 0 Å². The van der Waals surface area contributed by atoms with E-state index in [4.69, 9.17) is 0 Å². The Morgan fingerprint density at radius 3 is 2.03 bits per heavy atom. The quantitative estimate of drug-likeness (QED) is 0.206. The predicted octanol–water partition coefficient (Wildman–Crippen LogP) is 0.253. The van der Waals surface area contributed by atoms with Crippen LogP contribution in [-0.4, -0.2) is 47.0 Å². The molecular formula is C21H16BrN7O6. The van der Waals surface area contributed by atoms with Crippen LogP contribution < -0.4 is 27.4 Å². The summed E-state index contributed by atoms with van der Waals surface area (Å²) in [6, 6.07) is 5.32. The molecule has 1 unspecified atom stereocenters. The minimum absolute atomic E-state index is 0.0483. The van der Waals surface area contributed by atoms with E-state index in [9.17, 15) is 29.1 Å². The molecule has 0 saturated heterocycles. The zero-order valence-corrected chi connectivity index (χ0v) is 19.2. The van der Waals surface area contributed by atoms with Crippen molar-refractivity contribution < 1.29 is 9.90 Å². The first-order valence-corrected chi connectivity index (χ1v) is 11.0. The average Bonchev–Trinajstić information content (AvgIpc) is 3.30. The van der Waals surface area contributed by atoms with E-state index in [1.54, 1.807) is 24.3 Å². The summed E-state index contributed by atoms with van der Waals surface area (Å²) >= 11 is 3.34. The van der Waals surface area contributed by atoms with Crippen molar-refractivity contribution in [2.75, 3.05) is 4.90 Å². The van der Waals surface area contributed by atoms with Crippen LogP contribution in [0.2, 0.25) is 0 Å². The highest BCUT2D eigenvalue weighted by Gasteiger charge is 2.42. The van der Waals surface area contributed by atoms with E-state index in [2.05, 4.69) is 45.8 Å². The molecule has 0 aliphatic carbocycles. The molecule has 35 heavy (non-hydrogen) atoms. The minimum Gasteiger partial charge on any atom is -0.480 e. The van der Waals surface area contributed by atoms with Crippen molar-refractivity contribution in [2.45, 2.75) is 18.4 Å². The molecule has 0 spiro atoms. The topological polar surface area (TPSA) is 201 Å². The molecule has 3 aromatic heterocycles. The summed E-state index contributed by atoms with van der Waals surface area (Å²) in [5.41, 5.74) is -2.52. The largest absolute Gasteiger partial charge is 0.480 e. The van der Waals surface area contributed by atoms with Gasteiger partial charge >= 0.3 is 17.3 Å². The first kappa shape index (κ1) is 22.3. The van der Waals surface area contributed by atoms with Crippen LogP contribution in [-0.2, 0) is 11.2 Å². The molecule has 0 radical (unpaired) electrons. The van der Waals surface area contributed by atoms with Gasteiger partial charge in [0.15, 0.2) is 0 Å². The Labute approximate surface area is 202 Å². The number of nitrogens with zero attached hydrogens (tertiary/aromatic N) is 2.